The Labute approximate surface area is 173 Å². The Kier molecular flexibility index (Phi) is 7.76. The van der Waals surface area contributed by atoms with Crippen molar-refractivity contribution in [2.45, 2.75) is 40.7 Å². The summed E-state index contributed by atoms with van der Waals surface area (Å²) in [6, 6.07) is 7.91. The van der Waals surface area contributed by atoms with Crippen LogP contribution >= 0.6 is 0 Å². The molecule has 2 aromatic rings. The van der Waals surface area contributed by atoms with Crippen LogP contribution in [-0.2, 0) is 9.53 Å². The summed E-state index contributed by atoms with van der Waals surface area (Å²) >= 11 is 0. The highest BCUT2D eigenvalue weighted by molar-refractivity contribution is 5.99. The van der Waals surface area contributed by atoms with E-state index in [9.17, 15) is 9.59 Å². The number of benzene rings is 1. The highest BCUT2D eigenvalue weighted by Gasteiger charge is 2.20. The molecule has 0 radical (unpaired) electrons. The summed E-state index contributed by atoms with van der Waals surface area (Å²) < 4.78 is 7.38. The third-order valence-electron chi connectivity index (χ3n) is 5.34. The van der Waals surface area contributed by atoms with E-state index in [1.807, 2.05) is 52.0 Å². The Balaban J connectivity index is 2.01. The highest BCUT2D eigenvalue weighted by Crippen LogP contribution is 2.21. The zero-order valence-corrected chi connectivity index (χ0v) is 18.6. The minimum absolute atomic E-state index is 0.0102. The first-order valence-corrected chi connectivity index (χ1v) is 9.90. The first-order valence-electron chi connectivity index (χ1n) is 9.90. The summed E-state index contributed by atoms with van der Waals surface area (Å²) in [5.41, 5.74) is 5.66. The average molecular weight is 400 g/mol. The number of amides is 1. The summed E-state index contributed by atoms with van der Waals surface area (Å²) in [7, 11) is 3.46. The van der Waals surface area contributed by atoms with Gasteiger partial charge in [0.25, 0.3) is 0 Å². The Morgan fingerprint density at radius 2 is 1.86 bits per heavy atom. The predicted molar refractivity (Wildman–Crippen MR) is 117 cm³/mol. The number of aromatic nitrogens is 1. The van der Waals surface area contributed by atoms with E-state index in [0.717, 1.165) is 28.2 Å². The SMILES string of the molecule is COC[C@@H](C)n1c(C)cc(C(=O)CN(C)CC(=O)Nc2cccc(C)c2C)c1C. The standard InChI is InChI=1S/C23H33N3O3/c1-15-9-8-10-21(18(15)4)24-23(28)13-25(6)12-22(27)20-11-16(2)26(19(20)5)17(3)14-29-7/h8-11,17H,12-14H2,1-7H3,(H,24,28)/t17-/m1/s1. The van der Waals surface area contributed by atoms with E-state index in [1.165, 1.54) is 0 Å². The van der Waals surface area contributed by atoms with Crippen molar-refractivity contribution in [2.24, 2.45) is 0 Å². The van der Waals surface area contributed by atoms with Crippen LogP contribution < -0.4 is 5.32 Å². The van der Waals surface area contributed by atoms with Crippen LogP contribution in [0.5, 0.6) is 0 Å². The number of nitrogens with one attached hydrogen (secondary N) is 1. The summed E-state index contributed by atoms with van der Waals surface area (Å²) in [4.78, 5) is 27.0. The Morgan fingerprint density at radius 3 is 2.52 bits per heavy atom. The van der Waals surface area contributed by atoms with Crippen LogP contribution in [-0.4, -0.2) is 55.0 Å². The van der Waals surface area contributed by atoms with Crippen molar-refractivity contribution in [3.05, 3.63) is 52.3 Å². The van der Waals surface area contributed by atoms with Gasteiger partial charge in [-0.15, -0.1) is 0 Å². The highest BCUT2D eigenvalue weighted by atomic mass is 16.5. The van der Waals surface area contributed by atoms with E-state index in [2.05, 4.69) is 16.8 Å². The van der Waals surface area contributed by atoms with Gasteiger partial charge in [0.15, 0.2) is 5.78 Å². The molecule has 1 atom stereocenters. The van der Waals surface area contributed by atoms with E-state index < -0.39 is 0 Å². The molecule has 1 aromatic carbocycles. The van der Waals surface area contributed by atoms with Crippen LogP contribution in [0.4, 0.5) is 5.69 Å². The molecule has 0 aliphatic rings. The lowest BCUT2D eigenvalue weighted by molar-refractivity contribution is -0.116. The minimum atomic E-state index is -0.131. The number of methoxy groups -OCH3 is 1. The third-order valence-corrected chi connectivity index (χ3v) is 5.34. The summed E-state index contributed by atoms with van der Waals surface area (Å²) in [6.45, 7) is 10.9. The molecule has 158 valence electrons. The molecule has 0 saturated carbocycles. The average Bonchev–Trinajstić information content (AvgIpc) is 2.93. The van der Waals surface area contributed by atoms with E-state index in [0.29, 0.717) is 12.2 Å². The van der Waals surface area contributed by atoms with Crippen LogP contribution in [0, 0.1) is 27.7 Å². The largest absolute Gasteiger partial charge is 0.383 e. The molecule has 0 saturated heterocycles. The molecule has 6 nitrogen and oxygen atoms in total. The van der Waals surface area contributed by atoms with Crippen molar-refractivity contribution in [3.63, 3.8) is 0 Å². The van der Waals surface area contributed by atoms with Crippen LogP contribution in [0.1, 0.15) is 45.8 Å². The predicted octanol–water partition coefficient (Wildman–Crippen LogP) is 3.68. The van der Waals surface area contributed by atoms with Gasteiger partial charge in [0.2, 0.25) is 5.91 Å². The summed E-state index contributed by atoms with van der Waals surface area (Å²) in [5, 5.41) is 2.94. The van der Waals surface area contributed by atoms with Crippen molar-refractivity contribution in [1.82, 2.24) is 9.47 Å². The second-order valence-electron chi connectivity index (χ2n) is 7.85. The molecule has 29 heavy (non-hydrogen) atoms. The Hall–Kier alpha value is -2.44. The number of Topliss-reactive ketones (excluding diaryl/α,β-unsaturated/α-hetero) is 1. The Bertz CT molecular complexity index is 886. The molecule has 1 heterocycles. The van der Waals surface area contributed by atoms with E-state index >= 15 is 0 Å². The minimum Gasteiger partial charge on any atom is -0.383 e. The lowest BCUT2D eigenvalue weighted by atomic mass is 10.1. The molecule has 1 aromatic heterocycles. The second kappa shape index (κ2) is 9.85. The molecule has 2 rings (SSSR count). The fourth-order valence-corrected chi connectivity index (χ4v) is 3.76. The first-order chi connectivity index (χ1) is 13.6. The van der Waals surface area contributed by atoms with Crippen LogP contribution in [0.25, 0.3) is 0 Å². The van der Waals surface area contributed by atoms with Gasteiger partial charge in [-0.3, -0.25) is 14.5 Å². The number of ether oxygens (including phenoxy) is 1. The van der Waals surface area contributed by atoms with Crippen molar-refractivity contribution in [1.29, 1.82) is 0 Å². The zero-order valence-electron chi connectivity index (χ0n) is 18.6. The zero-order chi connectivity index (χ0) is 21.7. The number of carbonyl (C=O) groups is 2. The van der Waals surface area contributed by atoms with Gasteiger partial charge in [0.05, 0.1) is 25.7 Å². The molecule has 0 fully saturated rings. The number of rotatable bonds is 9. The Morgan fingerprint density at radius 1 is 1.17 bits per heavy atom. The molecular formula is C23H33N3O3. The molecule has 0 unspecified atom stereocenters. The molecule has 6 heteroatoms. The maximum absolute atomic E-state index is 12.8. The molecule has 0 bridgehead atoms. The summed E-state index contributed by atoms with van der Waals surface area (Å²) in [5.74, 6) is -0.121. The second-order valence-corrected chi connectivity index (χ2v) is 7.85. The van der Waals surface area contributed by atoms with E-state index in [1.54, 1.807) is 19.1 Å². The van der Waals surface area contributed by atoms with Crippen molar-refractivity contribution in [3.8, 4) is 0 Å². The van der Waals surface area contributed by atoms with Gasteiger partial charge >= 0.3 is 0 Å². The quantitative estimate of drug-likeness (QED) is 0.654. The molecule has 0 spiro atoms. The molecular weight excluding hydrogens is 366 g/mol. The number of likely N-dealkylation sites (N-methyl/N-ethyl adjacent to an activating group) is 1. The van der Waals surface area contributed by atoms with Crippen molar-refractivity contribution in [2.75, 3.05) is 39.2 Å². The van der Waals surface area contributed by atoms with Crippen LogP contribution in [0.15, 0.2) is 24.3 Å². The van der Waals surface area contributed by atoms with Gasteiger partial charge in [-0.05, 0) is 64.9 Å². The van der Waals surface area contributed by atoms with Gasteiger partial charge < -0.3 is 14.6 Å². The monoisotopic (exact) mass is 399 g/mol. The molecule has 0 aliphatic heterocycles. The van der Waals surface area contributed by atoms with E-state index in [4.69, 9.17) is 4.74 Å². The summed E-state index contributed by atoms with van der Waals surface area (Å²) in [6.07, 6.45) is 0. The maximum Gasteiger partial charge on any atom is 0.238 e. The van der Waals surface area contributed by atoms with Crippen LogP contribution in [0.3, 0.4) is 0 Å². The number of nitrogens with zero attached hydrogens (tertiary/aromatic N) is 2. The topological polar surface area (TPSA) is 63.6 Å². The number of hydrogen-bond donors (Lipinski definition) is 1. The lowest BCUT2D eigenvalue weighted by Gasteiger charge is -2.18. The number of ketones is 1. The van der Waals surface area contributed by atoms with Gasteiger partial charge in [-0.1, -0.05) is 12.1 Å². The van der Waals surface area contributed by atoms with Gasteiger partial charge in [-0.25, -0.2) is 0 Å². The van der Waals surface area contributed by atoms with E-state index in [-0.39, 0.29) is 30.8 Å². The maximum atomic E-state index is 12.8. The lowest BCUT2D eigenvalue weighted by Crippen LogP contribution is -2.34. The van der Waals surface area contributed by atoms with Gasteiger partial charge in [-0.2, -0.15) is 0 Å². The molecule has 0 aliphatic carbocycles. The van der Waals surface area contributed by atoms with Crippen molar-refractivity contribution < 1.29 is 14.3 Å². The van der Waals surface area contributed by atoms with Gasteiger partial charge in [0, 0.05) is 29.7 Å². The number of carbonyl (C=O) groups excluding carboxylic acids is 2. The fraction of sp³-hybridized carbons (Fsp3) is 0.478. The van der Waals surface area contributed by atoms with Crippen molar-refractivity contribution >= 4 is 17.4 Å². The number of anilines is 1. The first kappa shape index (κ1) is 22.8. The molecule has 1 N–H and O–H groups in total. The van der Waals surface area contributed by atoms with Crippen LogP contribution in [0.2, 0.25) is 0 Å². The van der Waals surface area contributed by atoms with Gasteiger partial charge in [0.1, 0.15) is 0 Å². The number of aryl methyl sites for hydroxylation is 2. The smallest absolute Gasteiger partial charge is 0.238 e. The number of hydrogen-bond acceptors (Lipinski definition) is 4. The fourth-order valence-electron chi connectivity index (χ4n) is 3.76. The third kappa shape index (κ3) is 5.55. The normalized spacial score (nSPS) is 12.3. The molecule has 1 amide bonds.